The van der Waals surface area contributed by atoms with Gasteiger partial charge in [0.25, 0.3) is 11.8 Å². The molecule has 0 bridgehead atoms. The van der Waals surface area contributed by atoms with Gasteiger partial charge in [0.1, 0.15) is 10.8 Å². The van der Waals surface area contributed by atoms with E-state index in [9.17, 15) is 18.8 Å². The van der Waals surface area contributed by atoms with E-state index in [4.69, 9.17) is 4.74 Å². The van der Waals surface area contributed by atoms with Gasteiger partial charge in [-0.15, -0.1) is 22.7 Å². The van der Waals surface area contributed by atoms with Gasteiger partial charge in [0.15, 0.2) is 0 Å². The molecule has 0 atom stereocenters. The van der Waals surface area contributed by atoms with Gasteiger partial charge in [-0.2, -0.15) is 0 Å². The first-order valence-electron chi connectivity index (χ1n) is 7.94. The summed E-state index contributed by atoms with van der Waals surface area (Å²) >= 11 is 2.17. The fourth-order valence-corrected chi connectivity index (χ4v) is 4.03. The third kappa shape index (κ3) is 4.32. The van der Waals surface area contributed by atoms with Crippen LogP contribution in [0.25, 0.3) is 10.1 Å². The van der Waals surface area contributed by atoms with Gasteiger partial charge >= 0.3 is 6.09 Å². The zero-order valence-corrected chi connectivity index (χ0v) is 16.0. The summed E-state index contributed by atoms with van der Waals surface area (Å²) < 4.78 is 19.1. The highest BCUT2D eigenvalue weighted by Crippen LogP contribution is 2.30. The van der Waals surface area contributed by atoms with Crippen molar-refractivity contribution in [2.24, 2.45) is 0 Å². The zero-order valence-electron chi connectivity index (χ0n) is 14.4. The number of thiophene rings is 2. The summed E-state index contributed by atoms with van der Waals surface area (Å²) in [7, 11) is 0. The van der Waals surface area contributed by atoms with Gasteiger partial charge < -0.3 is 10.1 Å². The number of ether oxygens (including phenoxy) is 1. The Bertz CT molecular complexity index is 1030. The Kier molecular flexibility index (Phi) is 5.52. The molecule has 27 heavy (non-hydrogen) atoms. The minimum atomic E-state index is -0.863. The van der Waals surface area contributed by atoms with E-state index in [1.54, 1.807) is 37.4 Å². The highest BCUT2D eigenvalue weighted by molar-refractivity contribution is 7.21. The van der Waals surface area contributed by atoms with Crippen LogP contribution in [-0.2, 0) is 4.74 Å². The molecule has 140 valence electrons. The topological polar surface area (TPSA) is 84.5 Å². The number of hydrogen-bond donors (Lipinski definition) is 2. The molecule has 0 aliphatic heterocycles. The summed E-state index contributed by atoms with van der Waals surface area (Å²) in [6.45, 7) is 3.32. The summed E-state index contributed by atoms with van der Waals surface area (Å²) in [6, 6.07) is 7.70. The number of alkyl carbamates (subject to hydrolysis) is 1. The maximum Gasteiger partial charge on any atom is 0.414 e. The summed E-state index contributed by atoms with van der Waals surface area (Å²) in [5.74, 6) is -1.53. The van der Waals surface area contributed by atoms with Crippen molar-refractivity contribution in [2.45, 2.75) is 20.0 Å². The molecule has 0 saturated carbocycles. The fraction of sp³-hybridized carbons (Fsp3) is 0.167. The number of fused-ring (bicyclic) bond motifs is 1. The molecule has 2 N–H and O–H groups in total. The van der Waals surface area contributed by atoms with Gasteiger partial charge in [-0.3, -0.25) is 14.9 Å². The molecule has 1 aromatic carbocycles. The van der Waals surface area contributed by atoms with Crippen molar-refractivity contribution in [3.8, 4) is 0 Å². The first-order chi connectivity index (χ1) is 12.8. The Morgan fingerprint density at radius 1 is 1.15 bits per heavy atom. The summed E-state index contributed by atoms with van der Waals surface area (Å²) in [4.78, 5) is 36.6. The number of hydrogen-bond acceptors (Lipinski definition) is 6. The molecule has 0 aliphatic rings. The summed E-state index contributed by atoms with van der Waals surface area (Å²) in [6.07, 6.45) is -1.23. The number of carbonyl (C=O) groups excluding carboxylic acids is 3. The van der Waals surface area contributed by atoms with Crippen molar-refractivity contribution in [1.29, 1.82) is 0 Å². The molecule has 0 fully saturated rings. The summed E-state index contributed by atoms with van der Waals surface area (Å²) in [5, 5.41) is 7.27. The third-order valence-corrected chi connectivity index (χ3v) is 5.40. The summed E-state index contributed by atoms with van der Waals surface area (Å²) in [5.41, 5.74) is 0.140. The average Bonchev–Trinajstić information content (AvgIpc) is 3.21. The van der Waals surface area contributed by atoms with E-state index >= 15 is 0 Å². The van der Waals surface area contributed by atoms with Gasteiger partial charge in [-0.05, 0) is 42.8 Å². The van der Waals surface area contributed by atoms with Crippen molar-refractivity contribution in [3.05, 3.63) is 52.0 Å². The molecule has 0 unspecified atom stereocenters. The fourth-order valence-electron chi connectivity index (χ4n) is 2.29. The lowest BCUT2D eigenvalue weighted by Crippen LogP contribution is -2.32. The van der Waals surface area contributed by atoms with Crippen LogP contribution in [0.4, 0.5) is 14.2 Å². The molecule has 3 rings (SSSR count). The normalized spacial score (nSPS) is 10.8. The third-order valence-electron chi connectivity index (χ3n) is 3.42. The lowest BCUT2D eigenvalue weighted by Gasteiger charge is -2.09. The van der Waals surface area contributed by atoms with Crippen LogP contribution < -0.4 is 10.6 Å². The lowest BCUT2D eigenvalue weighted by atomic mass is 10.2. The van der Waals surface area contributed by atoms with E-state index in [1.807, 2.05) is 0 Å². The average molecular weight is 406 g/mol. The number of benzene rings is 1. The number of halogens is 1. The first kappa shape index (κ1) is 19.0. The molecule has 9 heteroatoms. The van der Waals surface area contributed by atoms with Crippen LogP contribution in [0.5, 0.6) is 0 Å². The van der Waals surface area contributed by atoms with E-state index in [0.717, 1.165) is 22.7 Å². The molecule has 6 nitrogen and oxygen atoms in total. The SMILES string of the molecule is CC(C)OC(=O)NC(=O)c1ccsc1NC(=O)c1cc2cccc(F)c2s1. The second kappa shape index (κ2) is 7.85. The number of amides is 3. The Morgan fingerprint density at radius 2 is 1.93 bits per heavy atom. The largest absolute Gasteiger partial charge is 0.447 e. The van der Waals surface area contributed by atoms with Crippen LogP contribution in [0.2, 0.25) is 0 Å². The maximum absolute atomic E-state index is 13.8. The van der Waals surface area contributed by atoms with E-state index < -0.39 is 23.7 Å². The van der Waals surface area contributed by atoms with Crippen LogP contribution >= 0.6 is 22.7 Å². The number of nitrogens with one attached hydrogen (secondary N) is 2. The maximum atomic E-state index is 13.8. The van der Waals surface area contributed by atoms with Crippen molar-refractivity contribution in [2.75, 3.05) is 5.32 Å². The van der Waals surface area contributed by atoms with Crippen molar-refractivity contribution in [3.63, 3.8) is 0 Å². The highest BCUT2D eigenvalue weighted by atomic mass is 32.1. The minimum Gasteiger partial charge on any atom is -0.447 e. The molecule has 2 aromatic heterocycles. The van der Waals surface area contributed by atoms with Crippen LogP contribution in [0.1, 0.15) is 33.9 Å². The van der Waals surface area contributed by atoms with Crippen LogP contribution in [0, 0.1) is 5.82 Å². The number of rotatable bonds is 4. The Morgan fingerprint density at radius 3 is 2.63 bits per heavy atom. The van der Waals surface area contributed by atoms with Gasteiger partial charge in [-0.1, -0.05) is 12.1 Å². The van der Waals surface area contributed by atoms with Crippen LogP contribution in [0.3, 0.4) is 0 Å². The van der Waals surface area contributed by atoms with Gasteiger partial charge in [0.2, 0.25) is 0 Å². The minimum absolute atomic E-state index is 0.140. The predicted molar refractivity (Wildman–Crippen MR) is 103 cm³/mol. The monoisotopic (exact) mass is 406 g/mol. The van der Waals surface area contributed by atoms with E-state index in [0.29, 0.717) is 15.0 Å². The van der Waals surface area contributed by atoms with E-state index in [-0.39, 0.29) is 16.7 Å². The van der Waals surface area contributed by atoms with E-state index in [1.165, 1.54) is 12.1 Å². The smallest absolute Gasteiger partial charge is 0.414 e. The van der Waals surface area contributed by atoms with Crippen molar-refractivity contribution >= 4 is 55.7 Å². The molecular weight excluding hydrogens is 391 g/mol. The van der Waals surface area contributed by atoms with Crippen LogP contribution in [0.15, 0.2) is 35.7 Å². The number of imide groups is 1. The van der Waals surface area contributed by atoms with E-state index in [2.05, 4.69) is 10.6 Å². The second-order valence-electron chi connectivity index (χ2n) is 5.79. The molecule has 2 heterocycles. The van der Waals surface area contributed by atoms with Gasteiger partial charge in [0.05, 0.1) is 21.2 Å². The Labute approximate surface area is 162 Å². The van der Waals surface area contributed by atoms with Crippen molar-refractivity contribution in [1.82, 2.24) is 5.32 Å². The number of carbonyl (C=O) groups is 3. The second-order valence-corrected chi connectivity index (χ2v) is 7.76. The molecular formula is C18H15FN2O4S2. The molecule has 3 amide bonds. The van der Waals surface area contributed by atoms with Crippen LogP contribution in [-0.4, -0.2) is 24.0 Å². The van der Waals surface area contributed by atoms with Crippen molar-refractivity contribution < 1.29 is 23.5 Å². The molecule has 0 saturated heterocycles. The molecule has 0 spiro atoms. The van der Waals surface area contributed by atoms with Gasteiger partial charge in [-0.25, -0.2) is 9.18 Å². The standard InChI is InChI=1S/C18H15FN2O4S2/c1-9(2)25-18(24)21-15(22)11-6-7-26-17(11)20-16(23)13-8-10-4-3-5-12(19)14(10)27-13/h3-9H,1-2H3,(H,20,23)(H,21,22,24). The van der Waals surface area contributed by atoms with Gasteiger partial charge in [0, 0.05) is 0 Å². The Hall–Kier alpha value is -2.78. The number of anilines is 1. The first-order valence-corrected chi connectivity index (χ1v) is 9.63. The quantitative estimate of drug-likeness (QED) is 0.662. The highest BCUT2D eigenvalue weighted by Gasteiger charge is 2.20. The molecule has 3 aromatic rings. The predicted octanol–water partition coefficient (Wildman–Crippen LogP) is 4.63. The molecule has 0 aliphatic carbocycles. The molecule has 0 radical (unpaired) electrons. The zero-order chi connectivity index (χ0) is 19.6. The lowest BCUT2D eigenvalue weighted by molar-refractivity contribution is 0.0877. The Balaban J connectivity index is 1.75.